The minimum absolute atomic E-state index is 0.124. The van der Waals surface area contributed by atoms with Crippen LogP contribution in [0.1, 0.15) is 19.8 Å². The third kappa shape index (κ3) is 2.12. The van der Waals surface area contributed by atoms with Crippen molar-refractivity contribution >= 4 is 0 Å². The number of hydrogen-bond acceptors (Lipinski definition) is 2. The molecule has 1 aliphatic rings. The van der Waals surface area contributed by atoms with Crippen LogP contribution in [0.3, 0.4) is 0 Å². The van der Waals surface area contributed by atoms with Crippen LogP contribution in [-0.4, -0.2) is 23.9 Å². The molecule has 1 heterocycles. The van der Waals surface area contributed by atoms with Gasteiger partial charge in [0.05, 0.1) is 12.7 Å². The molecule has 2 nitrogen and oxygen atoms in total. The van der Waals surface area contributed by atoms with E-state index >= 15 is 0 Å². The monoisotopic (exact) mass is 142 g/mol. The van der Waals surface area contributed by atoms with Crippen LogP contribution >= 0.6 is 0 Å². The average Bonchev–Trinajstić information content (AvgIpc) is 2.61. The molecule has 1 N–H and O–H groups in total. The number of ether oxygens (including phenoxy) is 1. The van der Waals surface area contributed by atoms with Crippen LogP contribution in [0, 0.1) is 0 Å². The van der Waals surface area contributed by atoms with Crippen LogP contribution in [0.2, 0.25) is 0 Å². The number of rotatable bonds is 4. The fourth-order valence-electron chi connectivity index (χ4n) is 0.982. The van der Waals surface area contributed by atoms with Crippen LogP contribution < -0.4 is 0 Å². The lowest BCUT2D eigenvalue weighted by Gasteiger charge is -1.93. The Bertz CT molecular complexity index is 131. The van der Waals surface area contributed by atoms with E-state index in [0.29, 0.717) is 6.10 Å². The lowest BCUT2D eigenvalue weighted by Crippen LogP contribution is -1.98. The Kier molecular flexibility index (Phi) is 2.46. The lowest BCUT2D eigenvalue weighted by molar-refractivity contribution is 0.241. The topological polar surface area (TPSA) is 32.8 Å². The summed E-state index contributed by atoms with van der Waals surface area (Å²) in [6, 6.07) is 0. The fourth-order valence-corrected chi connectivity index (χ4v) is 0.982. The predicted molar refractivity (Wildman–Crippen MR) is 39.8 cm³/mol. The zero-order valence-electron chi connectivity index (χ0n) is 6.34. The third-order valence-corrected chi connectivity index (χ3v) is 1.72. The first-order valence-corrected chi connectivity index (χ1v) is 3.64. The van der Waals surface area contributed by atoms with Gasteiger partial charge in [-0.2, -0.15) is 0 Å². The molecule has 1 rings (SSSR count). The molecule has 0 radical (unpaired) electrons. The molecule has 1 fully saturated rings. The first-order chi connectivity index (χ1) is 4.74. The Morgan fingerprint density at radius 2 is 2.30 bits per heavy atom. The Balaban J connectivity index is 2.01. The second-order valence-corrected chi connectivity index (χ2v) is 2.89. The molecule has 58 valence electrons. The Morgan fingerprint density at radius 3 is 2.70 bits per heavy atom. The number of aliphatic hydroxyl groups excluding tert-OH is 1. The molecule has 1 aliphatic heterocycles. The van der Waals surface area contributed by atoms with Crippen molar-refractivity contribution in [3.63, 3.8) is 0 Å². The van der Waals surface area contributed by atoms with E-state index in [0.717, 1.165) is 12.8 Å². The molecule has 0 bridgehead atoms. The van der Waals surface area contributed by atoms with Gasteiger partial charge in [0.2, 0.25) is 0 Å². The maximum atomic E-state index is 8.59. The van der Waals surface area contributed by atoms with Gasteiger partial charge in [-0.25, -0.2) is 0 Å². The molecule has 2 heteroatoms. The van der Waals surface area contributed by atoms with Gasteiger partial charge in [0.1, 0.15) is 6.10 Å². The second-order valence-electron chi connectivity index (χ2n) is 2.89. The van der Waals surface area contributed by atoms with Crippen molar-refractivity contribution in [2.75, 3.05) is 6.61 Å². The molecule has 0 aliphatic carbocycles. The van der Waals surface area contributed by atoms with E-state index < -0.39 is 0 Å². The van der Waals surface area contributed by atoms with E-state index in [1.54, 1.807) is 0 Å². The number of epoxide rings is 1. The maximum absolute atomic E-state index is 8.59. The summed E-state index contributed by atoms with van der Waals surface area (Å²) in [5.41, 5.74) is 1.19. The number of aliphatic hydroxyl groups is 1. The van der Waals surface area contributed by atoms with Crippen molar-refractivity contribution in [2.24, 2.45) is 0 Å². The van der Waals surface area contributed by atoms with Gasteiger partial charge in [-0.15, -0.1) is 6.58 Å². The van der Waals surface area contributed by atoms with Gasteiger partial charge in [0.15, 0.2) is 0 Å². The van der Waals surface area contributed by atoms with Crippen molar-refractivity contribution in [3.8, 4) is 0 Å². The van der Waals surface area contributed by atoms with Crippen LogP contribution in [0.4, 0.5) is 0 Å². The van der Waals surface area contributed by atoms with E-state index in [4.69, 9.17) is 9.84 Å². The second kappa shape index (κ2) is 3.17. The van der Waals surface area contributed by atoms with Gasteiger partial charge in [-0.05, 0) is 19.8 Å². The molecule has 0 aromatic rings. The zero-order valence-corrected chi connectivity index (χ0v) is 6.34. The van der Waals surface area contributed by atoms with Crippen LogP contribution in [0.15, 0.2) is 12.2 Å². The highest BCUT2D eigenvalue weighted by Gasteiger charge is 2.36. The molecule has 0 aromatic carbocycles. The first kappa shape index (κ1) is 7.76. The molecule has 0 amide bonds. The molecule has 0 aromatic heterocycles. The summed E-state index contributed by atoms with van der Waals surface area (Å²) < 4.78 is 5.13. The molecular formula is C8H14O2. The zero-order chi connectivity index (χ0) is 7.56. The summed E-state index contributed by atoms with van der Waals surface area (Å²) in [5, 5.41) is 8.59. The van der Waals surface area contributed by atoms with Crippen molar-refractivity contribution in [2.45, 2.75) is 32.0 Å². The predicted octanol–water partition coefficient (Wildman–Crippen LogP) is 1.10. The van der Waals surface area contributed by atoms with Crippen molar-refractivity contribution in [1.82, 2.24) is 0 Å². The minimum atomic E-state index is 0.124. The van der Waals surface area contributed by atoms with E-state index in [-0.39, 0.29) is 12.7 Å². The molecule has 0 saturated carbocycles. The van der Waals surface area contributed by atoms with Crippen LogP contribution in [0.5, 0.6) is 0 Å². The smallest absolute Gasteiger partial charge is 0.107 e. The average molecular weight is 142 g/mol. The Morgan fingerprint density at radius 1 is 1.60 bits per heavy atom. The van der Waals surface area contributed by atoms with E-state index in [2.05, 4.69) is 6.58 Å². The normalized spacial score (nSPS) is 30.2. The summed E-state index contributed by atoms with van der Waals surface area (Å²) in [7, 11) is 0. The largest absolute Gasteiger partial charge is 0.394 e. The summed E-state index contributed by atoms with van der Waals surface area (Å²) in [6.07, 6.45) is 2.46. The molecule has 0 unspecified atom stereocenters. The van der Waals surface area contributed by atoms with E-state index in [9.17, 15) is 0 Å². The molecule has 2 atom stereocenters. The van der Waals surface area contributed by atoms with Gasteiger partial charge in [0, 0.05) is 0 Å². The van der Waals surface area contributed by atoms with Crippen LogP contribution in [0.25, 0.3) is 0 Å². The summed E-state index contributed by atoms with van der Waals surface area (Å²) in [4.78, 5) is 0. The Hall–Kier alpha value is -0.340. The van der Waals surface area contributed by atoms with Crippen molar-refractivity contribution in [1.29, 1.82) is 0 Å². The molecule has 10 heavy (non-hydrogen) atoms. The van der Waals surface area contributed by atoms with Gasteiger partial charge in [-0.1, -0.05) is 5.57 Å². The van der Waals surface area contributed by atoms with Gasteiger partial charge < -0.3 is 9.84 Å². The third-order valence-electron chi connectivity index (χ3n) is 1.72. The number of allylic oxidation sites excluding steroid dienone is 1. The highest BCUT2D eigenvalue weighted by molar-refractivity contribution is 4.93. The van der Waals surface area contributed by atoms with Crippen molar-refractivity contribution in [3.05, 3.63) is 12.2 Å². The SMILES string of the molecule is C=C(C)CC[C@@H]1O[C@H]1CO. The highest BCUT2D eigenvalue weighted by Crippen LogP contribution is 2.26. The lowest BCUT2D eigenvalue weighted by atomic mass is 10.1. The van der Waals surface area contributed by atoms with E-state index in [1.807, 2.05) is 6.92 Å². The standard InChI is InChI=1S/C8H14O2/c1-6(2)3-4-7-8(5-9)10-7/h7-9H,1,3-5H2,2H3/t7-,8-/m0/s1. The minimum Gasteiger partial charge on any atom is -0.394 e. The van der Waals surface area contributed by atoms with Gasteiger partial charge in [-0.3, -0.25) is 0 Å². The summed E-state index contributed by atoms with van der Waals surface area (Å²) >= 11 is 0. The maximum Gasteiger partial charge on any atom is 0.107 e. The fraction of sp³-hybridized carbons (Fsp3) is 0.750. The number of hydrogen-bond donors (Lipinski definition) is 1. The van der Waals surface area contributed by atoms with Gasteiger partial charge in [0.25, 0.3) is 0 Å². The summed E-state index contributed by atoms with van der Waals surface area (Å²) in [6.45, 7) is 5.97. The van der Waals surface area contributed by atoms with E-state index in [1.165, 1.54) is 5.57 Å². The summed E-state index contributed by atoms with van der Waals surface area (Å²) in [5.74, 6) is 0. The molecular weight excluding hydrogens is 128 g/mol. The van der Waals surface area contributed by atoms with Crippen LogP contribution in [-0.2, 0) is 4.74 Å². The van der Waals surface area contributed by atoms with Gasteiger partial charge >= 0.3 is 0 Å². The quantitative estimate of drug-likeness (QED) is 0.471. The highest BCUT2D eigenvalue weighted by atomic mass is 16.6. The first-order valence-electron chi connectivity index (χ1n) is 3.64. The van der Waals surface area contributed by atoms with Crippen molar-refractivity contribution < 1.29 is 9.84 Å². The Labute approximate surface area is 61.5 Å². The molecule has 1 saturated heterocycles. The molecule has 0 spiro atoms.